The average molecular weight is 521 g/mol. The van der Waals surface area contributed by atoms with Crippen molar-refractivity contribution in [3.05, 3.63) is 59.4 Å². The predicted molar refractivity (Wildman–Crippen MR) is 128 cm³/mol. The minimum absolute atomic E-state index is 0.112. The van der Waals surface area contributed by atoms with Crippen LogP contribution >= 0.6 is 0 Å². The van der Waals surface area contributed by atoms with Crippen LogP contribution in [-0.4, -0.2) is 62.0 Å². The van der Waals surface area contributed by atoms with E-state index in [1.165, 1.54) is 0 Å². The van der Waals surface area contributed by atoms with E-state index in [2.05, 4.69) is 20.2 Å². The van der Waals surface area contributed by atoms with Gasteiger partial charge in [-0.2, -0.15) is 13.2 Å². The van der Waals surface area contributed by atoms with Crippen LogP contribution in [0.1, 0.15) is 16.8 Å². The van der Waals surface area contributed by atoms with Crippen molar-refractivity contribution in [3.8, 4) is 11.3 Å². The van der Waals surface area contributed by atoms with Gasteiger partial charge in [0.25, 0.3) is 0 Å². The van der Waals surface area contributed by atoms with Crippen molar-refractivity contribution in [2.75, 3.05) is 37.5 Å². The number of morpholine rings is 1. The van der Waals surface area contributed by atoms with Gasteiger partial charge >= 0.3 is 6.18 Å². The van der Waals surface area contributed by atoms with E-state index in [1.807, 2.05) is 11.8 Å². The maximum absolute atomic E-state index is 13.0. The molecule has 0 radical (unpaired) electrons. The first-order valence-corrected chi connectivity index (χ1v) is 12.7. The van der Waals surface area contributed by atoms with Crippen molar-refractivity contribution in [1.82, 2.24) is 15.2 Å². The number of hydrogen-bond donors (Lipinski definition) is 1. The number of pyridine rings is 1. The van der Waals surface area contributed by atoms with Gasteiger partial charge in [0.15, 0.2) is 9.84 Å². The molecule has 9 nitrogen and oxygen atoms in total. The van der Waals surface area contributed by atoms with Gasteiger partial charge in [0.2, 0.25) is 5.03 Å². The van der Waals surface area contributed by atoms with Crippen molar-refractivity contribution < 1.29 is 26.3 Å². The molecule has 0 saturated carbocycles. The van der Waals surface area contributed by atoms with Gasteiger partial charge in [0.05, 0.1) is 35.8 Å². The predicted octanol–water partition coefficient (Wildman–Crippen LogP) is 3.14. The Morgan fingerprint density at radius 1 is 1.11 bits per heavy atom. The maximum Gasteiger partial charge on any atom is 0.416 e. The van der Waals surface area contributed by atoms with Crippen LogP contribution in [0.15, 0.2) is 52.6 Å². The number of halogens is 3. The van der Waals surface area contributed by atoms with E-state index in [0.29, 0.717) is 48.9 Å². The summed E-state index contributed by atoms with van der Waals surface area (Å²) in [5.41, 5.74) is 7.58. The summed E-state index contributed by atoms with van der Waals surface area (Å²) >= 11 is 0. The number of aromatic nitrogens is 3. The van der Waals surface area contributed by atoms with Crippen LogP contribution < -0.4 is 10.6 Å². The molecule has 3 heterocycles. The van der Waals surface area contributed by atoms with E-state index in [1.54, 1.807) is 24.3 Å². The summed E-state index contributed by atoms with van der Waals surface area (Å²) in [6, 6.07) is 8.40. The number of nitrogens with zero attached hydrogens (tertiary/aromatic N) is 5. The van der Waals surface area contributed by atoms with Gasteiger partial charge in [-0.25, -0.2) is 13.4 Å². The highest BCUT2D eigenvalue weighted by atomic mass is 32.2. The summed E-state index contributed by atoms with van der Waals surface area (Å²) in [5.74, 6) is -0.191. The molecule has 0 aliphatic carbocycles. The lowest BCUT2D eigenvalue weighted by Crippen LogP contribution is -2.37. The Morgan fingerprint density at radius 3 is 2.50 bits per heavy atom. The standard InChI is InChI=1S/C23H23F3N6O3S/c1-14-3-4-16(29-21(27)19-11-15(5-6-28-19)23(24,25)26)12-17(14)18-13-20(32-7-9-35-10-8-32)22(31-30-18)36(2,33)34/h3-6,11-13H,7-10H2,1-2H3,(H2,27,29). The molecule has 1 aliphatic heterocycles. The van der Waals surface area contributed by atoms with E-state index in [4.69, 9.17) is 10.5 Å². The SMILES string of the molecule is Cc1ccc(N=C(N)c2cc(C(F)(F)F)ccn2)cc1-c1cc(N2CCOCC2)c(S(C)(=O)=O)nn1. The zero-order chi connectivity index (χ0) is 26.1. The van der Waals surface area contributed by atoms with Gasteiger partial charge in [-0.05, 0) is 42.8 Å². The largest absolute Gasteiger partial charge is 0.416 e. The first-order chi connectivity index (χ1) is 16.9. The van der Waals surface area contributed by atoms with E-state index < -0.39 is 21.6 Å². The normalized spacial score (nSPS) is 15.2. The first-order valence-electron chi connectivity index (χ1n) is 10.8. The fourth-order valence-corrected chi connectivity index (χ4v) is 4.45. The molecular formula is C23H23F3N6O3S. The third kappa shape index (κ3) is 5.62. The third-order valence-electron chi connectivity index (χ3n) is 5.54. The van der Waals surface area contributed by atoms with Gasteiger partial charge in [-0.3, -0.25) is 4.98 Å². The van der Waals surface area contributed by atoms with Crippen LogP contribution in [0.3, 0.4) is 0 Å². The molecule has 0 bridgehead atoms. The minimum atomic E-state index is -4.54. The lowest BCUT2D eigenvalue weighted by molar-refractivity contribution is -0.137. The highest BCUT2D eigenvalue weighted by Crippen LogP contribution is 2.32. The van der Waals surface area contributed by atoms with E-state index in [0.717, 1.165) is 30.1 Å². The Morgan fingerprint density at radius 2 is 1.83 bits per heavy atom. The number of amidine groups is 1. The fourth-order valence-electron chi connectivity index (χ4n) is 3.70. The highest BCUT2D eigenvalue weighted by molar-refractivity contribution is 7.90. The summed E-state index contributed by atoms with van der Waals surface area (Å²) < 4.78 is 69.2. The highest BCUT2D eigenvalue weighted by Gasteiger charge is 2.31. The van der Waals surface area contributed by atoms with Gasteiger partial charge in [-0.15, -0.1) is 10.2 Å². The zero-order valence-corrected chi connectivity index (χ0v) is 20.3. The van der Waals surface area contributed by atoms with Crippen LogP contribution in [0.5, 0.6) is 0 Å². The molecule has 0 unspecified atom stereocenters. The maximum atomic E-state index is 13.0. The molecule has 0 amide bonds. The van der Waals surface area contributed by atoms with Crippen LogP contribution in [0.25, 0.3) is 11.3 Å². The van der Waals surface area contributed by atoms with Crippen LogP contribution in [0.2, 0.25) is 0 Å². The molecule has 13 heteroatoms. The fraction of sp³-hybridized carbons (Fsp3) is 0.304. The van der Waals surface area contributed by atoms with Crippen LogP contribution in [0, 0.1) is 6.92 Å². The van der Waals surface area contributed by atoms with Gasteiger partial charge < -0.3 is 15.4 Å². The lowest BCUT2D eigenvalue weighted by atomic mass is 10.0. The molecule has 3 aromatic rings. The van der Waals surface area contributed by atoms with Crippen molar-refractivity contribution in [3.63, 3.8) is 0 Å². The lowest BCUT2D eigenvalue weighted by Gasteiger charge is -2.29. The van der Waals surface area contributed by atoms with Crippen molar-refractivity contribution >= 4 is 27.0 Å². The smallest absolute Gasteiger partial charge is 0.382 e. The first kappa shape index (κ1) is 25.5. The molecule has 0 spiro atoms. The quantitative estimate of drug-likeness (QED) is 0.402. The summed E-state index contributed by atoms with van der Waals surface area (Å²) in [5, 5.41) is 8.04. The Hall–Kier alpha value is -3.58. The number of rotatable bonds is 5. The molecule has 1 aliphatic rings. The number of benzene rings is 1. The molecule has 0 atom stereocenters. The monoisotopic (exact) mass is 520 g/mol. The van der Waals surface area contributed by atoms with Crippen molar-refractivity contribution in [1.29, 1.82) is 0 Å². The minimum Gasteiger partial charge on any atom is -0.382 e. The van der Waals surface area contributed by atoms with Gasteiger partial charge in [0, 0.05) is 31.1 Å². The number of aliphatic imine (C=N–C) groups is 1. The molecule has 1 saturated heterocycles. The molecule has 36 heavy (non-hydrogen) atoms. The topological polar surface area (TPSA) is 124 Å². The van der Waals surface area contributed by atoms with E-state index >= 15 is 0 Å². The Balaban J connectivity index is 1.74. The second kappa shape index (κ2) is 9.82. The molecule has 2 N–H and O–H groups in total. The molecular weight excluding hydrogens is 497 g/mol. The number of sulfone groups is 1. The second-order valence-corrected chi connectivity index (χ2v) is 10.1. The average Bonchev–Trinajstić information content (AvgIpc) is 2.84. The summed E-state index contributed by atoms with van der Waals surface area (Å²) in [6.07, 6.45) is -2.44. The molecule has 4 rings (SSSR count). The Labute approximate surface area is 205 Å². The number of alkyl halides is 3. The van der Waals surface area contributed by atoms with E-state index in [-0.39, 0.29) is 16.6 Å². The number of aryl methyl sites for hydroxylation is 1. The molecule has 1 aromatic carbocycles. The van der Waals surface area contributed by atoms with Gasteiger partial charge in [-0.1, -0.05) is 6.07 Å². The summed E-state index contributed by atoms with van der Waals surface area (Å²) in [6.45, 7) is 3.73. The second-order valence-electron chi connectivity index (χ2n) is 8.22. The molecule has 2 aromatic heterocycles. The van der Waals surface area contributed by atoms with Crippen molar-refractivity contribution in [2.24, 2.45) is 10.7 Å². The van der Waals surface area contributed by atoms with Crippen molar-refractivity contribution in [2.45, 2.75) is 18.1 Å². The summed E-state index contributed by atoms with van der Waals surface area (Å²) in [7, 11) is -3.64. The zero-order valence-electron chi connectivity index (χ0n) is 19.5. The molecule has 190 valence electrons. The van der Waals surface area contributed by atoms with Crippen LogP contribution in [0.4, 0.5) is 24.5 Å². The van der Waals surface area contributed by atoms with Gasteiger partial charge in [0.1, 0.15) is 11.5 Å². The Kier molecular flexibility index (Phi) is 6.96. The number of nitrogens with two attached hydrogens (primary N) is 1. The number of ether oxygens (including phenoxy) is 1. The molecule has 1 fully saturated rings. The van der Waals surface area contributed by atoms with E-state index in [9.17, 15) is 21.6 Å². The third-order valence-corrected chi connectivity index (χ3v) is 6.53. The number of hydrogen-bond acceptors (Lipinski definition) is 8. The summed E-state index contributed by atoms with van der Waals surface area (Å²) in [4.78, 5) is 10.0. The number of anilines is 1. The Bertz CT molecular complexity index is 1420. The van der Waals surface area contributed by atoms with Crippen LogP contribution in [-0.2, 0) is 20.8 Å².